The number of aryl methyl sites for hydroxylation is 2. The predicted molar refractivity (Wildman–Crippen MR) is 95.0 cm³/mol. The van der Waals surface area contributed by atoms with Crippen molar-refractivity contribution in [1.82, 2.24) is 0 Å². The molecule has 0 amide bonds. The maximum Gasteiger partial charge on any atom is 0.174 e. The highest BCUT2D eigenvalue weighted by Crippen LogP contribution is 2.36. The summed E-state index contributed by atoms with van der Waals surface area (Å²) >= 11 is 3.51. The van der Waals surface area contributed by atoms with Gasteiger partial charge in [0.15, 0.2) is 11.5 Å². The van der Waals surface area contributed by atoms with Gasteiger partial charge < -0.3 is 9.47 Å². The Hall–Kier alpha value is -1.81. The summed E-state index contributed by atoms with van der Waals surface area (Å²) in [5.74, 6) is 1.41. The number of aliphatic imine (C=N–C) groups is 1. The van der Waals surface area contributed by atoms with E-state index in [0.29, 0.717) is 18.1 Å². The molecule has 0 atom stereocenters. The van der Waals surface area contributed by atoms with Crippen molar-refractivity contribution < 1.29 is 9.47 Å². The summed E-state index contributed by atoms with van der Waals surface area (Å²) in [6, 6.07) is 10.1. The van der Waals surface area contributed by atoms with Gasteiger partial charge in [-0.05, 0) is 66.0 Å². The zero-order valence-corrected chi connectivity index (χ0v) is 14.9. The molecule has 0 heterocycles. The molecule has 3 nitrogen and oxygen atoms in total. The summed E-state index contributed by atoms with van der Waals surface area (Å²) in [5, 5.41) is 0. The zero-order valence-electron chi connectivity index (χ0n) is 13.3. The van der Waals surface area contributed by atoms with E-state index in [0.717, 1.165) is 21.3 Å². The monoisotopic (exact) mass is 361 g/mol. The minimum atomic E-state index is 0.584. The molecule has 2 aromatic carbocycles. The minimum Gasteiger partial charge on any atom is -0.492 e. The summed E-state index contributed by atoms with van der Waals surface area (Å²) in [7, 11) is 1.63. The first-order valence-electron chi connectivity index (χ1n) is 7.16. The summed E-state index contributed by atoms with van der Waals surface area (Å²) in [5.41, 5.74) is 4.32. The summed E-state index contributed by atoms with van der Waals surface area (Å²) in [4.78, 5) is 4.57. The van der Waals surface area contributed by atoms with E-state index >= 15 is 0 Å². The molecule has 0 saturated heterocycles. The fourth-order valence-corrected chi connectivity index (χ4v) is 2.84. The van der Waals surface area contributed by atoms with Crippen LogP contribution in [0.15, 0.2) is 39.8 Å². The molecule has 22 heavy (non-hydrogen) atoms. The molecule has 0 aromatic heterocycles. The Labute approximate surface area is 140 Å². The third-order valence-electron chi connectivity index (χ3n) is 3.24. The molecule has 0 saturated carbocycles. The molecule has 2 aromatic rings. The topological polar surface area (TPSA) is 30.8 Å². The average Bonchev–Trinajstić information content (AvgIpc) is 2.46. The Morgan fingerprint density at radius 3 is 2.59 bits per heavy atom. The second-order valence-electron chi connectivity index (χ2n) is 5.02. The first-order chi connectivity index (χ1) is 10.5. The van der Waals surface area contributed by atoms with Gasteiger partial charge in [0.1, 0.15) is 0 Å². The number of ether oxygens (including phenoxy) is 2. The van der Waals surface area contributed by atoms with Crippen LogP contribution >= 0.6 is 15.9 Å². The molecule has 0 radical (unpaired) electrons. The first kappa shape index (κ1) is 16.6. The zero-order chi connectivity index (χ0) is 16.1. The third kappa shape index (κ3) is 3.89. The van der Waals surface area contributed by atoms with E-state index in [-0.39, 0.29) is 0 Å². The number of hydrogen-bond donors (Lipinski definition) is 0. The first-order valence-corrected chi connectivity index (χ1v) is 7.96. The Kier molecular flexibility index (Phi) is 5.61. The molecule has 0 spiro atoms. The van der Waals surface area contributed by atoms with Crippen LogP contribution in [0.3, 0.4) is 0 Å². The van der Waals surface area contributed by atoms with E-state index in [2.05, 4.69) is 46.9 Å². The summed E-state index contributed by atoms with van der Waals surface area (Å²) in [6.45, 7) is 6.68. The number of nitrogens with zero attached hydrogens (tertiary/aromatic N) is 1. The van der Waals surface area contributed by atoms with Crippen LogP contribution in [0, 0.1) is 13.8 Å². The van der Waals surface area contributed by atoms with E-state index in [1.54, 1.807) is 7.11 Å². The Balaban J connectivity index is 2.34. The average molecular weight is 362 g/mol. The molecule has 0 aliphatic heterocycles. The van der Waals surface area contributed by atoms with E-state index in [1.807, 2.05) is 31.3 Å². The lowest BCUT2D eigenvalue weighted by atomic mass is 10.1. The van der Waals surface area contributed by atoms with Crippen LogP contribution in [-0.4, -0.2) is 19.9 Å². The highest BCUT2D eigenvalue weighted by Gasteiger charge is 2.10. The fraction of sp³-hybridized carbons (Fsp3) is 0.278. The molecule has 0 bridgehead atoms. The molecule has 2 rings (SSSR count). The van der Waals surface area contributed by atoms with E-state index in [4.69, 9.17) is 9.47 Å². The Morgan fingerprint density at radius 2 is 1.95 bits per heavy atom. The van der Waals surface area contributed by atoms with Gasteiger partial charge in [-0.15, -0.1) is 0 Å². The van der Waals surface area contributed by atoms with Crippen molar-refractivity contribution >= 4 is 27.8 Å². The maximum atomic E-state index is 5.62. The van der Waals surface area contributed by atoms with Crippen molar-refractivity contribution in [2.45, 2.75) is 20.8 Å². The molecule has 116 valence electrons. The summed E-state index contributed by atoms with van der Waals surface area (Å²) in [6.07, 6.45) is 1.84. The van der Waals surface area contributed by atoms with Crippen LogP contribution < -0.4 is 9.47 Å². The largest absolute Gasteiger partial charge is 0.492 e. The summed E-state index contributed by atoms with van der Waals surface area (Å²) < 4.78 is 11.8. The second kappa shape index (κ2) is 7.45. The predicted octanol–water partition coefficient (Wildman–Crippen LogP) is 5.22. The normalized spacial score (nSPS) is 11.0. The SMILES string of the molecule is CCOc1cc(C=Nc2ccc(C)cc2C)cc(Br)c1OC. The lowest BCUT2D eigenvalue weighted by Gasteiger charge is -2.11. The Bertz CT molecular complexity index is 696. The smallest absolute Gasteiger partial charge is 0.174 e. The van der Waals surface area contributed by atoms with Crippen LogP contribution in [0.5, 0.6) is 11.5 Å². The number of rotatable bonds is 5. The molecule has 0 N–H and O–H groups in total. The Morgan fingerprint density at radius 1 is 1.18 bits per heavy atom. The molecule has 0 fully saturated rings. The highest BCUT2D eigenvalue weighted by atomic mass is 79.9. The number of methoxy groups -OCH3 is 1. The van der Waals surface area contributed by atoms with Gasteiger partial charge >= 0.3 is 0 Å². The van der Waals surface area contributed by atoms with Gasteiger partial charge in [0.2, 0.25) is 0 Å². The van der Waals surface area contributed by atoms with Gasteiger partial charge in [0.25, 0.3) is 0 Å². The van der Waals surface area contributed by atoms with E-state index < -0.39 is 0 Å². The van der Waals surface area contributed by atoms with Crippen LogP contribution in [0.4, 0.5) is 5.69 Å². The molecular weight excluding hydrogens is 342 g/mol. The number of halogens is 1. The quantitative estimate of drug-likeness (QED) is 0.683. The van der Waals surface area contributed by atoms with Crippen molar-refractivity contribution in [2.75, 3.05) is 13.7 Å². The van der Waals surface area contributed by atoms with Gasteiger partial charge in [0, 0.05) is 6.21 Å². The van der Waals surface area contributed by atoms with E-state index in [9.17, 15) is 0 Å². The van der Waals surface area contributed by atoms with Gasteiger partial charge in [-0.2, -0.15) is 0 Å². The highest BCUT2D eigenvalue weighted by molar-refractivity contribution is 9.10. The van der Waals surface area contributed by atoms with Crippen LogP contribution in [-0.2, 0) is 0 Å². The van der Waals surface area contributed by atoms with Gasteiger partial charge in [0.05, 0.1) is 23.9 Å². The number of hydrogen-bond acceptors (Lipinski definition) is 3. The van der Waals surface area contributed by atoms with Crippen molar-refractivity contribution in [2.24, 2.45) is 4.99 Å². The second-order valence-corrected chi connectivity index (χ2v) is 5.87. The fourth-order valence-electron chi connectivity index (χ4n) is 2.22. The van der Waals surface area contributed by atoms with Gasteiger partial charge in [-0.3, -0.25) is 4.99 Å². The third-order valence-corrected chi connectivity index (χ3v) is 3.83. The lowest BCUT2D eigenvalue weighted by molar-refractivity contribution is 0.310. The standard InChI is InChI=1S/C18H20BrNO2/c1-5-22-17-10-14(9-15(19)18(17)21-4)11-20-16-7-6-12(2)8-13(16)3/h6-11H,5H2,1-4H3. The van der Waals surface area contributed by atoms with Crippen molar-refractivity contribution in [3.8, 4) is 11.5 Å². The van der Waals surface area contributed by atoms with Crippen LogP contribution in [0.2, 0.25) is 0 Å². The molecule has 0 aliphatic carbocycles. The van der Waals surface area contributed by atoms with E-state index in [1.165, 1.54) is 5.56 Å². The van der Waals surface area contributed by atoms with Crippen molar-refractivity contribution in [3.05, 3.63) is 51.5 Å². The minimum absolute atomic E-state index is 0.584. The number of benzene rings is 2. The van der Waals surface area contributed by atoms with Gasteiger partial charge in [-0.1, -0.05) is 17.7 Å². The van der Waals surface area contributed by atoms with Crippen LogP contribution in [0.1, 0.15) is 23.6 Å². The maximum absolute atomic E-state index is 5.62. The van der Waals surface area contributed by atoms with Crippen LogP contribution in [0.25, 0.3) is 0 Å². The van der Waals surface area contributed by atoms with Crippen molar-refractivity contribution in [3.63, 3.8) is 0 Å². The van der Waals surface area contributed by atoms with Crippen molar-refractivity contribution in [1.29, 1.82) is 0 Å². The molecule has 0 unspecified atom stereocenters. The van der Waals surface area contributed by atoms with Gasteiger partial charge in [-0.25, -0.2) is 0 Å². The lowest BCUT2D eigenvalue weighted by Crippen LogP contribution is -1.97. The molecular formula is C18H20BrNO2. The molecule has 4 heteroatoms. The molecule has 0 aliphatic rings.